The van der Waals surface area contributed by atoms with Crippen molar-refractivity contribution in [1.82, 2.24) is 0 Å². The number of hydrogen-bond donors (Lipinski definition) is 1. The fraction of sp³-hybridized carbons (Fsp3) is 1.00. The van der Waals surface area contributed by atoms with Crippen LogP contribution < -0.4 is 0 Å². The predicted octanol–water partition coefficient (Wildman–Crippen LogP) is 0.807. The average molecular weight is 186 g/mol. The molecule has 0 aromatic carbocycles. The number of aliphatic hydroxyl groups is 1. The molecule has 0 aliphatic carbocycles. The van der Waals surface area contributed by atoms with Crippen molar-refractivity contribution in [3.8, 4) is 0 Å². The first-order chi connectivity index (χ1) is 6.00. The summed E-state index contributed by atoms with van der Waals surface area (Å²) < 4.78 is 11.1. The molecule has 0 aromatic heterocycles. The van der Waals surface area contributed by atoms with Crippen molar-refractivity contribution in [3.05, 3.63) is 0 Å². The maximum Gasteiger partial charge on any atom is 0.112 e. The van der Waals surface area contributed by atoms with Gasteiger partial charge in [0.05, 0.1) is 19.3 Å². The van der Waals surface area contributed by atoms with E-state index >= 15 is 0 Å². The maximum absolute atomic E-state index is 9.53. The SMILES string of the molecule is CC(C)(C)[C@@H]1CO[C@H]2[C@@H]1OC[C@H]2O. The molecule has 0 spiro atoms. The van der Waals surface area contributed by atoms with Crippen LogP contribution in [0, 0.1) is 11.3 Å². The minimum Gasteiger partial charge on any atom is -0.388 e. The standard InChI is InChI=1S/C10H18O3/c1-10(2,3)6-4-12-9-7(11)5-13-8(6)9/h6-9,11H,4-5H2,1-3H3/t6-,7-,8-,9-/m1/s1. The topological polar surface area (TPSA) is 38.7 Å². The van der Waals surface area contributed by atoms with Crippen LogP contribution in [-0.2, 0) is 9.47 Å². The van der Waals surface area contributed by atoms with Crippen molar-refractivity contribution in [2.45, 2.75) is 39.1 Å². The molecule has 76 valence electrons. The van der Waals surface area contributed by atoms with Gasteiger partial charge in [0, 0.05) is 5.92 Å². The van der Waals surface area contributed by atoms with Gasteiger partial charge in [-0.1, -0.05) is 20.8 Å². The quantitative estimate of drug-likeness (QED) is 0.608. The number of fused-ring (bicyclic) bond motifs is 1. The third-order valence-electron chi connectivity index (χ3n) is 3.14. The first-order valence-electron chi connectivity index (χ1n) is 4.91. The Morgan fingerprint density at radius 1 is 1.08 bits per heavy atom. The van der Waals surface area contributed by atoms with Gasteiger partial charge in [0.1, 0.15) is 12.2 Å². The summed E-state index contributed by atoms with van der Waals surface area (Å²) >= 11 is 0. The monoisotopic (exact) mass is 186 g/mol. The lowest BCUT2D eigenvalue weighted by Gasteiger charge is -2.29. The predicted molar refractivity (Wildman–Crippen MR) is 48.4 cm³/mol. The summed E-state index contributed by atoms with van der Waals surface area (Å²) in [7, 11) is 0. The number of ether oxygens (including phenoxy) is 2. The van der Waals surface area contributed by atoms with Crippen LogP contribution in [0.25, 0.3) is 0 Å². The molecular weight excluding hydrogens is 168 g/mol. The summed E-state index contributed by atoms with van der Waals surface area (Å²) in [5, 5.41) is 9.53. The summed E-state index contributed by atoms with van der Waals surface area (Å²) in [6.07, 6.45) is -0.392. The molecule has 0 saturated carbocycles. The second-order valence-electron chi connectivity index (χ2n) is 5.14. The van der Waals surface area contributed by atoms with Crippen molar-refractivity contribution in [2.24, 2.45) is 11.3 Å². The van der Waals surface area contributed by atoms with E-state index in [1.807, 2.05) is 0 Å². The highest BCUT2D eigenvalue weighted by Gasteiger charge is 2.50. The summed E-state index contributed by atoms with van der Waals surface area (Å²) in [5.41, 5.74) is 0.198. The Hall–Kier alpha value is -0.120. The van der Waals surface area contributed by atoms with Crippen LogP contribution in [-0.4, -0.2) is 36.6 Å². The molecule has 0 unspecified atom stereocenters. The third-order valence-corrected chi connectivity index (χ3v) is 3.14. The van der Waals surface area contributed by atoms with Crippen molar-refractivity contribution in [1.29, 1.82) is 0 Å². The molecule has 13 heavy (non-hydrogen) atoms. The second-order valence-corrected chi connectivity index (χ2v) is 5.14. The maximum atomic E-state index is 9.53. The van der Waals surface area contributed by atoms with Crippen LogP contribution in [0.1, 0.15) is 20.8 Å². The lowest BCUT2D eigenvalue weighted by molar-refractivity contribution is 0.00966. The van der Waals surface area contributed by atoms with Gasteiger partial charge in [-0.25, -0.2) is 0 Å². The highest BCUT2D eigenvalue weighted by Crippen LogP contribution is 2.40. The van der Waals surface area contributed by atoms with Gasteiger partial charge in [-0.15, -0.1) is 0 Å². The van der Waals surface area contributed by atoms with Crippen molar-refractivity contribution in [2.75, 3.05) is 13.2 Å². The Morgan fingerprint density at radius 2 is 1.69 bits per heavy atom. The fourth-order valence-electron chi connectivity index (χ4n) is 2.22. The van der Waals surface area contributed by atoms with E-state index in [-0.39, 0.29) is 17.6 Å². The molecule has 1 N–H and O–H groups in total. The van der Waals surface area contributed by atoms with E-state index in [1.54, 1.807) is 0 Å². The van der Waals surface area contributed by atoms with Crippen molar-refractivity contribution < 1.29 is 14.6 Å². The van der Waals surface area contributed by atoms with Crippen LogP contribution in [0.15, 0.2) is 0 Å². The second kappa shape index (κ2) is 2.94. The van der Waals surface area contributed by atoms with Gasteiger partial charge in [-0.05, 0) is 5.41 Å². The van der Waals surface area contributed by atoms with E-state index < -0.39 is 6.10 Å². The first kappa shape index (κ1) is 9.44. The fourth-order valence-corrected chi connectivity index (χ4v) is 2.22. The molecule has 4 atom stereocenters. The molecule has 2 aliphatic heterocycles. The Balaban J connectivity index is 2.11. The molecule has 2 aliphatic rings. The van der Waals surface area contributed by atoms with Crippen LogP contribution in [0.3, 0.4) is 0 Å². The van der Waals surface area contributed by atoms with Crippen LogP contribution >= 0.6 is 0 Å². The smallest absolute Gasteiger partial charge is 0.112 e. The Labute approximate surface area is 79.0 Å². The van der Waals surface area contributed by atoms with E-state index in [0.29, 0.717) is 12.5 Å². The van der Waals surface area contributed by atoms with Gasteiger partial charge in [0.2, 0.25) is 0 Å². The van der Waals surface area contributed by atoms with E-state index in [9.17, 15) is 5.11 Å². The normalized spacial score (nSPS) is 45.2. The van der Waals surface area contributed by atoms with Crippen LogP contribution in [0.4, 0.5) is 0 Å². The molecule has 0 bridgehead atoms. The molecule has 2 fully saturated rings. The molecular formula is C10H18O3. The van der Waals surface area contributed by atoms with E-state index in [1.165, 1.54) is 0 Å². The number of aliphatic hydroxyl groups excluding tert-OH is 1. The minimum absolute atomic E-state index is 0.0794. The molecule has 3 nitrogen and oxygen atoms in total. The van der Waals surface area contributed by atoms with E-state index in [0.717, 1.165) is 6.61 Å². The Kier molecular flexibility index (Phi) is 2.13. The lowest BCUT2D eigenvalue weighted by Crippen LogP contribution is -2.34. The third kappa shape index (κ3) is 1.49. The molecule has 0 amide bonds. The van der Waals surface area contributed by atoms with Gasteiger partial charge in [0.25, 0.3) is 0 Å². The molecule has 0 aromatic rings. The van der Waals surface area contributed by atoms with E-state index in [4.69, 9.17) is 9.47 Å². The van der Waals surface area contributed by atoms with Crippen LogP contribution in [0.2, 0.25) is 0 Å². The zero-order valence-corrected chi connectivity index (χ0v) is 8.49. The minimum atomic E-state index is -0.419. The summed E-state index contributed by atoms with van der Waals surface area (Å²) in [5.74, 6) is 0.412. The summed E-state index contributed by atoms with van der Waals surface area (Å²) in [4.78, 5) is 0. The van der Waals surface area contributed by atoms with Crippen molar-refractivity contribution >= 4 is 0 Å². The van der Waals surface area contributed by atoms with Gasteiger partial charge in [0.15, 0.2) is 0 Å². The van der Waals surface area contributed by atoms with E-state index in [2.05, 4.69) is 20.8 Å². The van der Waals surface area contributed by atoms with Crippen molar-refractivity contribution in [3.63, 3.8) is 0 Å². The highest BCUT2D eigenvalue weighted by atomic mass is 16.6. The molecule has 0 radical (unpaired) electrons. The largest absolute Gasteiger partial charge is 0.388 e. The lowest BCUT2D eigenvalue weighted by atomic mass is 9.78. The number of rotatable bonds is 0. The Morgan fingerprint density at radius 3 is 2.31 bits per heavy atom. The van der Waals surface area contributed by atoms with Gasteiger partial charge in [-0.2, -0.15) is 0 Å². The number of hydrogen-bond acceptors (Lipinski definition) is 3. The first-order valence-corrected chi connectivity index (χ1v) is 4.91. The highest BCUT2D eigenvalue weighted by molar-refractivity contribution is 4.97. The van der Waals surface area contributed by atoms with Crippen LogP contribution in [0.5, 0.6) is 0 Å². The zero-order valence-electron chi connectivity index (χ0n) is 8.49. The summed E-state index contributed by atoms with van der Waals surface area (Å²) in [6, 6.07) is 0. The molecule has 3 heteroatoms. The zero-order chi connectivity index (χ0) is 9.64. The summed E-state index contributed by atoms with van der Waals surface area (Å²) in [6.45, 7) is 7.73. The Bertz CT molecular complexity index is 197. The molecule has 2 heterocycles. The molecule has 2 rings (SSSR count). The van der Waals surface area contributed by atoms with Gasteiger partial charge in [-0.3, -0.25) is 0 Å². The average Bonchev–Trinajstić information content (AvgIpc) is 2.51. The molecule has 2 saturated heterocycles. The van der Waals surface area contributed by atoms with Gasteiger partial charge >= 0.3 is 0 Å². The van der Waals surface area contributed by atoms with Gasteiger partial charge < -0.3 is 14.6 Å².